The molecule has 0 radical (unpaired) electrons. The van der Waals surface area contributed by atoms with Crippen molar-refractivity contribution in [3.8, 4) is 17.2 Å². The highest BCUT2D eigenvalue weighted by molar-refractivity contribution is 7.22. The molecule has 0 aliphatic heterocycles. The van der Waals surface area contributed by atoms with Crippen LogP contribution in [0.2, 0.25) is 0 Å². The molecule has 0 saturated carbocycles. The van der Waals surface area contributed by atoms with Gasteiger partial charge in [0, 0.05) is 17.1 Å². The van der Waals surface area contributed by atoms with E-state index in [4.69, 9.17) is 14.2 Å². The predicted octanol–water partition coefficient (Wildman–Crippen LogP) is 5.16. The van der Waals surface area contributed by atoms with Crippen molar-refractivity contribution in [1.29, 1.82) is 0 Å². The van der Waals surface area contributed by atoms with Crippen LogP contribution in [0, 0.1) is 0 Å². The van der Waals surface area contributed by atoms with E-state index in [1.807, 2.05) is 31.2 Å². The molecule has 4 aromatic rings. The molecule has 0 fully saturated rings. The van der Waals surface area contributed by atoms with Crippen LogP contribution in [0.4, 0.5) is 16.0 Å². The number of carbonyl (C=O) groups is 1. The monoisotopic (exact) mass is 456 g/mol. The highest BCUT2D eigenvalue weighted by atomic mass is 32.1. The second-order valence-corrected chi connectivity index (χ2v) is 8.16. The summed E-state index contributed by atoms with van der Waals surface area (Å²) in [4.78, 5) is 21.4. The molecule has 10 heteroatoms. The van der Waals surface area contributed by atoms with E-state index in [1.54, 1.807) is 31.7 Å². The highest BCUT2D eigenvalue weighted by Gasteiger charge is 2.14. The maximum absolute atomic E-state index is 12.6. The van der Waals surface area contributed by atoms with E-state index in [-0.39, 0.29) is 5.91 Å². The molecule has 0 aliphatic carbocycles. The zero-order chi connectivity index (χ0) is 21.8. The quantitative estimate of drug-likeness (QED) is 0.378. The summed E-state index contributed by atoms with van der Waals surface area (Å²) in [5, 5.41) is 8.78. The standard InChI is InChI=1S/C21H20N4O4S2/c1-4-29-13-6-7-14-18(10-13)31-21(23-14)25-19(26)15-11-30-20(24-15)22-12-5-8-16(27-2)17(9-12)28-3/h5-11H,4H2,1-3H3,(H,22,24)(H,23,25,26). The van der Waals surface area contributed by atoms with E-state index < -0.39 is 0 Å². The highest BCUT2D eigenvalue weighted by Crippen LogP contribution is 2.32. The molecule has 0 saturated heterocycles. The Morgan fingerprint density at radius 3 is 2.65 bits per heavy atom. The summed E-state index contributed by atoms with van der Waals surface area (Å²) < 4.78 is 17.0. The molecule has 0 spiro atoms. The number of carbonyl (C=O) groups excluding carboxylic acids is 1. The minimum Gasteiger partial charge on any atom is -0.494 e. The van der Waals surface area contributed by atoms with Gasteiger partial charge in [-0.3, -0.25) is 10.1 Å². The molecule has 0 atom stereocenters. The van der Waals surface area contributed by atoms with E-state index in [0.717, 1.165) is 21.7 Å². The third-order valence-corrected chi connectivity index (χ3v) is 5.95. The number of methoxy groups -OCH3 is 2. The molecule has 1 amide bonds. The van der Waals surface area contributed by atoms with Crippen LogP contribution in [0.15, 0.2) is 41.8 Å². The van der Waals surface area contributed by atoms with Crippen molar-refractivity contribution in [3.05, 3.63) is 47.5 Å². The van der Waals surface area contributed by atoms with Gasteiger partial charge in [0.25, 0.3) is 5.91 Å². The van der Waals surface area contributed by atoms with Crippen LogP contribution in [0.3, 0.4) is 0 Å². The Hall–Kier alpha value is -3.37. The predicted molar refractivity (Wildman–Crippen MR) is 124 cm³/mol. The molecule has 2 aromatic heterocycles. The average Bonchev–Trinajstić information content (AvgIpc) is 3.40. The van der Waals surface area contributed by atoms with Crippen molar-refractivity contribution >= 4 is 54.7 Å². The van der Waals surface area contributed by atoms with Crippen molar-refractivity contribution in [1.82, 2.24) is 9.97 Å². The first-order valence-corrected chi connectivity index (χ1v) is 11.1. The van der Waals surface area contributed by atoms with Gasteiger partial charge in [0.2, 0.25) is 0 Å². The van der Waals surface area contributed by atoms with Crippen molar-refractivity contribution in [3.63, 3.8) is 0 Å². The third kappa shape index (κ3) is 4.70. The smallest absolute Gasteiger partial charge is 0.276 e. The number of anilines is 3. The molecule has 2 N–H and O–H groups in total. The van der Waals surface area contributed by atoms with Gasteiger partial charge in [0.05, 0.1) is 31.0 Å². The number of ether oxygens (including phenoxy) is 3. The lowest BCUT2D eigenvalue weighted by atomic mass is 10.3. The number of hydrogen-bond donors (Lipinski definition) is 2. The Labute approximate surface area is 186 Å². The van der Waals surface area contributed by atoms with Gasteiger partial charge < -0.3 is 19.5 Å². The van der Waals surface area contributed by atoms with Gasteiger partial charge in [-0.25, -0.2) is 9.97 Å². The summed E-state index contributed by atoms with van der Waals surface area (Å²) in [6.07, 6.45) is 0. The summed E-state index contributed by atoms with van der Waals surface area (Å²) in [5.41, 5.74) is 1.88. The minimum atomic E-state index is -0.319. The SMILES string of the molecule is CCOc1ccc2nc(NC(=O)c3csc(Nc4ccc(OC)c(OC)c4)n3)sc2c1. The molecule has 2 aromatic carbocycles. The van der Waals surface area contributed by atoms with Crippen molar-refractivity contribution in [2.24, 2.45) is 0 Å². The average molecular weight is 457 g/mol. The van der Waals surface area contributed by atoms with E-state index >= 15 is 0 Å². The first-order valence-electron chi connectivity index (χ1n) is 9.39. The molecule has 31 heavy (non-hydrogen) atoms. The maximum Gasteiger partial charge on any atom is 0.276 e. The maximum atomic E-state index is 12.6. The van der Waals surface area contributed by atoms with Gasteiger partial charge in [-0.2, -0.15) is 0 Å². The summed E-state index contributed by atoms with van der Waals surface area (Å²) >= 11 is 2.72. The Morgan fingerprint density at radius 1 is 1.03 bits per heavy atom. The number of nitrogens with one attached hydrogen (secondary N) is 2. The number of aromatic nitrogens is 2. The van der Waals surface area contributed by atoms with Crippen LogP contribution in [0.1, 0.15) is 17.4 Å². The fraction of sp³-hybridized carbons (Fsp3) is 0.190. The molecular formula is C21H20N4O4S2. The fourth-order valence-corrected chi connectivity index (χ4v) is 4.45. The lowest BCUT2D eigenvalue weighted by molar-refractivity contribution is 0.102. The minimum absolute atomic E-state index is 0.308. The fourth-order valence-electron chi connectivity index (χ4n) is 2.85. The second kappa shape index (κ2) is 9.19. The van der Waals surface area contributed by atoms with E-state index in [0.29, 0.717) is 34.1 Å². The summed E-state index contributed by atoms with van der Waals surface area (Å²) in [6.45, 7) is 2.53. The number of hydrogen-bond acceptors (Lipinski definition) is 9. The van der Waals surface area contributed by atoms with Gasteiger partial charge in [0.15, 0.2) is 21.8 Å². The molecule has 160 valence electrons. The Kier molecular flexibility index (Phi) is 6.19. The number of thiazole rings is 2. The van der Waals surface area contributed by atoms with Crippen molar-refractivity contribution in [2.75, 3.05) is 31.5 Å². The zero-order valence-electron chi connectivity index (χ0n) is 17.1. The van der Waals surface area contributed by atoms with E-state index in [1.165, 1.54) is 22.7 Å². The summed E-state index contributed by atoms with van der Waals surface area (Å²) in [5.74, 6) is 1.70. The van der Waals surface area contributed by atoms with Gasteiger partial charge in [0.1, 0.15) is 11.4 Å². The van der Waals surface area contributed by atoms with Crippen LogP contribution in [-0.4, -0.2) is 36.7 Å². The molecule has 0 bridgehead atoms. The lowest BCUT2D eigenvalue weighted by Gasteiger charge is -2.09. The number of nitrogens with zero attached hydrogens (tertiary/aromatic N) is 2. The molecule has 8 nitrogen and oxygen atoms in total. The largest absolute Gasteiger partial charge is 0.494 e. The molecule has 4 rings (SSSR count). The summed E-state index contributed by atoms with van der Waals surface area (Å²) in [6, 6.07) is 11.1. The van der Waals surface area contributed by atoms with Crippen LogP contribution < -0.4 is 24.8 Å². The van der Waals surface area contributed by atoms with Crippen molar-refractivity contribution < 1.29 is 19.0 Å². The first-order chi connectivity index (χ1) is 15.1. The number of rotatable bonds is 8. The van der Waals surface area contributed by atoms with Gasteiger partial charge in [-0.15, -0.1) is 11.3 Å². The van der Waals surface area contributed by atoms with Crippen molar-refractivity contribution in [2.45, 2.75) is 6.92 Å². The first kappa shape index (κ1) is 20.9. The topological polar surface area (TPSA) is 94.6 Å². The summed E-state index contributed by atoms with van der Waals surface area (Å²) in [7, 11) is 3.16. The number of amides is 1. The third-order valence-electron chi connectivity index (χ3n) is 4.26. The Bertz CT molecular complexity index is 1220. The molecule has 0 unspecified atom stereocenters. The van der Waals surface area contributed by atoms with Crippen LogP contribution in [-0.2, 0) is 0 Å². The Morgan fingerprint density at radius 2 is 1.87 bits per heavy atom. The van der Waals surface area contributed by atoms with Crippen LogP contribution in [0.25, 0.3) is 10.2 Å². The van der Waals surface area contributed by atoms with Gasteiger partial charge in [-0.05, 0) is 37.3 Å². The second-order valence-electron chi connectivity index (χ2n) is 6.27. The van der Waals surface area contributed by atoms with Gasteiger partial charge >= 0.3 is 0 Å². The van der Waals surface area contributed by atoms with Crippen LogP contribution in [0.5, 0.6) is 17.2 Å². The number of fused-ring (bicyclic) bond motifs is 1. The number of benzene rings is 2. The van der Waals surface area contributed by atoms with E-state index in [9.17, 15) is 4.79 Å². The lowest BCUT2D eigenvalue weighted by Crippen LogP contribution is -2.12. The molecular weight excluding hydrogens is 436 g/mol. The van der Waals surface area contributed by atoms with E-state index in [2.05, 4.69) is 20.6 Å². The van der Waals surface area contributed by atoms with Gasteiger partial charge in [-0.1, -0.05) is 11.3 Å². The zero-order valence-corrected chi connectivity index (χ0v) is 18.7. The molecule has 0 aliphatic rings. The normalized spacial score (nSPS) is 10.7. The molecule has 2 heterocycles. The van der Waals surface area contributed by atoms with Crippen LogP contribution >= 0.6 is 22.7 Å². The Balaban J connectivity index is 1.45.